The van der Waals surface area contributed by atoms with E-state index in [0.717, 1.165) is 10.0 Å². The van der Waals surface area contributed by atoms with Crippen molar-refractivity contribution in [3.05, 3.63) is 64.7 Å². The normalized spacial score (nSPS) is 9.96. The predicted molar refractivity (Wildman–Crippen MR) is 111 cm³/mol. The minimum atomic E-state index is -0.374. The summed E-state index contributed by atoms with van der Waals surface area (Å²) in [5.41, 5.74) is 1.93. The van der Waals surface area contributed by atoms with E-state index in [1.54, 1.807) is 18.2 Å². The van der Waals surface area contributed by atoms with Crippen molar-refractivity contribution < 1.29 is 14.3 Å². The molecule has 0 unspecified atom stereocenters. The van der Waals surface area contributed by atoms with Crippen LogP contribution >= 0.6 is 28.1 Å². The second kappa shape index (κ2) is 9.35. The molecule has 0 spiro atoms. The Hall–Kier alpha value is -2.38. The van der Waals surface area contributed by atoms with E-state index < -0.39 is 0 Å². The fraction of sp³-hybridized carbons (Fsp3) is 0.158. The van der Waals surface area contributed by atoms with E-state index in [2.05, 4.69) is 33.1 Å². The Labute approximate surface area is 166 Å². The highest BCUT2D eigenvalue weighted by Crippen LogP contribution is 2.25. The van der Waals surface area contributed by atoms with Crippen molar-refractivity contribution in [3.8, 4) is 11.5 Å². The van der Waals surface area contributed by atoms with E-state index >= 15 is 0 Å². The lowest BCUT2D eigenvalue weighted by Gasteiger charge is -2.15. The van der Waals surface area contributed by atoms with Gasteiger partial charge < -0.3 is 14.8 Å². The number of carbonyl (C=O) groups excluding carboxylic acids is 1. The molecule has 0 aliphatic rings. The quantitative estimate of drug-likeness (QED) is 0.516. The summed E-state index contributed by atoms with van der Waals surface area (Å²) in [6.45, 7) is 6.09. The number of carbonyl (C=O) groups is 1. The molecule has 0 saturated carbocycles. The summed E-state index contributed by atoms with van der Waals surface area (Å²) in [5, 5.41) is 5.78. The first-order valence-corrected chi connectivity index (χ1v) is 8.93. The fourth-order valence-corrected chi connectivity index (χ4v) is 2.64. The molecule has 2 N–H and O–H groups in total. The number of anilines is 1. The van der Waals surface area contributed by atoms with Gasteiger partial charge in [0.05, 0.1) is 18.4 Å². The van der Waals surface area contributed by atoms with Gasteiger partial charge in [-0.1, -0.05) is 34.6 Å². The molecule has 0 aromatic heterocycles. The Morgan fingerprint density at radius 1 is 1.23 bits per heavy atom. The summed E-state index contributed by atoms with van der Waals surface area (Å²) in [4.78, 5) is 12.5. The summed E-state index contributed by atoms with van der Waals surface area (Å²) >= 11 is 8.60. The van der Waals surface area contributed by atoms with E-state index in [1.807, 2.05) is 31.2 Å². The van der Waals surface area contributed by atoms with Gasteiger partial charge in [-0.15, -0.1) is 0 Å². The second-order valence-corrected chi connectivity index (χ2v) is 6.82. The molecular weight excluding hydrogens is 416 g/mol. The number of thiocarbonyl (C=S) groups is 1. The SMILES string of the molecule is C=C(C)COc1ccccc1NC(=S)NC(=O)c1cc(Br)ccc1OC. The van der Waals surface area contributed by atoms with Gasteiger partial charge in [-0.25, -0.2) is 0 Å². The molecule has 2 aromatic carbocycles. The molecule has 26 heavy (non-hydrogen) atoms. The van der Waals surface area contributed by atoms with Gasteiger partial charge in [0.25, 0.3) is 5.91 Å². The van der Waals surface area contributed by atoms with Crippen molar-refractivity contribution in [2.24, 2.45) is 0 Å². The Bertz CT molecular complexity index is 839. The van der Waals surface area contributed by atoms with Crippen LogP contribution in [0.2, 0.25) is 0 Å². The van der Waals surface area contributed by atoms with E-state index in [1.165, 1.54) is 7.11 Å². The van der Waals surface area contributed by atoms with E-state index in [4.69, 9.17) is 21.7 Å². The number of halogens is 1. The summed E-state index contributed by atoms with van der Waals surface area (Å²) in [5.74, 6) is 0.701. The molecular formula is C19H19BrN2O3S. The molecule has 5 nitrogen and oxygen atoms in total. The van der Waals surface area contributed by atoms with Crippen LogP contribution in [0.15, 0.2) is 59.1 Å². The van der Waals surface area contributed by atoms with Crippen LogP contribution in [-0.4, -0.2) is 24.7 Å². The van der Waals surface area contributed by atoms with Gasteiger partial charge in [-0.3, -0.25) is 10.1 Å². The zero-order chi connectivity index (χ0) is 19.1. The first-order valence-electron chi connectivity index (χ1n) is 7.72. The van der Waals surface area contributed by atoms with Crippen molar-refractivity contribution in [1.29, 1.82) is 0 Å². The monoisotopic (exact) mass is 434 g/mol. The molecule has 0 aliphatic carbocycles. The third-order valence-electron chi connectivity index (χ3n) is 3.24. The van der Waals surface area contributed by atoms with Gasteiger partial charge in [0, 0.05) is 4.47 Å². The van der Waals surface area contributed by atoms with Crippen LogP contribution < -0.4 is 20.1 Å². The number of hydrogen-bond donors (Lipinski definition) is 2. The van der Waals surface area contributed by atoms with E-state index in [9.17, 15) is 4.79 Å². The lowest BCUT2D eigenvalue weighted by molar-refractivity contribution is 0.0974. The number of methoxy groups -OCH3 is 1. The van der Waals surface area contributed by atoms with Gasteiger partial charge in [-0.2, -0.15) is 0 Å². The zero-order valence-electron chi connectivity index (χ0n) is 14.5. The Morgan fingerprint density at radius 3 is 2.65 bits per heavy atom. The molecule has 0 heterocycles. The van der Waals surface area contributed by atoms with Gasteiger partial charge in [-0.05, 0) is 55.0 Å². The minimum absolute atomic E-state index is 0.156. The fourth-order valence-electron chi connectivity index (χ4n) is 2.08. The zero-order valence-corrected chi connectivity index (χ0v) is 16.9. The summed E-state index contributed by atoms with van der Waals surface area (Å²) < 4.78 is 11.7. The number of nitrogens with one attached hydrogen (secondary N) is 2. The van der Waals surface area contributed by atoms with Crippen molar-refractivity contribution >= 4 is 44.9 Å². The lowest BCUT2D eigenvalue weighted by Crippen LogP contribution is -2.34. The van der Waals surface area contributed by atoms with Crippen molar-refractivity contribution in [2.75, 3.05) is 19.0 Å². The first kappa shape index (κ1) is 19.9. The molecule has 136 valence electrons. The lowest BCUT2D eigenvalue weighted by atomic mass is 10.2. The van der Waals surface area contributed by atoms with Crippen LogP contribution in [0.25, 0.3) is 0 Å². The highest BCUT2D eigenvalue weighted by atomic mass is 79.9. The molecule has 0 saturated heterocycles. The third-order valence-corrected chi connectivity index (χ3v) is 3.94. The maximum atomic E-state index is 12.5. The molecule has 2 aromatic rings. The number of rotatable bonds is 6. The van der Waals surface area contributed by atoms with Crippen molar-refractivity contribution in [3.63, 3.8) is 0 Å². The van der Waals surface area contributed by atoms with Crippen molar-refractivity contribution in [2.45, 2.75) is 6.92 Å². The molecule has 0 bridgehead atoms. The van der Waals surface area contributed by atoms with Crippen LogP contribution in [0.5, 0.6) is 11.5 Å². The minimum Gasteiger partial charge on any atom is -0.496 e. The van der Waals surface area contributed by atoms with Crippen LogP contribution in [0, 0.1) is 0 Å². The van der Waals surface area contributed by atoms with Gasteiger partial charge in [0.1, 0.15) is 18.1 Å². The average Bonchev–Trinajstić information content (AvgIpc) is 2.60. The molecule has 0 radical (unpaired) electrons. The van der Waals surface area contributed by atoms with Crippen LogP contribution in [-0.2, 0) is 0 Å². The van der Waals surface area contributed by atoms with E-state index in [0.29, 0.717) is 29.4 Å². The van der Waals surface area contributed by atoms with Crippen molar-refractivity contribution in [1.82, 2.24) is 5.32 Å². The Kier molecular flexibility index (Phi) is 7.17. The van der Waals surface area contributed by atoms with Gasteiger partial charge in [0.2, 0.25) is 0 Å². The molecule has 0 aliphatic heterocycles. The van der Waals surface area contributed by atoms with Gasteiger partial charge in [0.15, 0.2) is 5.11 Å². The topological polar surface area (TPSA) is 59.6 Å². The number of para-hydroxylation sites is 2. The standard InChI is InChI=1S/C19H19BrN2O3S/c1-12(2)11-25-17-7-5-4-6-15(17)21-19(26)22-18(23)14-10-13(20)8-9-16(14)24-3/h4-10H,1,11H2,2-3H3,(H2,21,22,23,26). The molecule has 7 heteroatoms. The summed E-state index contributed by atoms with van der Waals surface area (Å²) in [6, 6.07) is 12.5. The third kappa shape index (κ3) is 5.57. The summed E-state index contributed by atoms with van der Waals surface area (Å²) in [6.07, 6.45) is 0. The van der Waals surface area contributed by atoms with Crippen LogP contribution in [0.3, 0.4) is 0 Å². The summed E-state index contributed by atoms with van der Waals surface area (Å²) in [7, 11) is 1.51. The van der Waals surface area contributed by atoms with Gasteiger partial charge >= 0.3 is 0 Å². The smallest absolute Gasteiger partial charge is 0.261 e. The maximum absolute atomic E-state index is 12.5. The largest absolute Gasteiger partial charge is 0.496 e. The van der Waals surface area contributed by atoms with Crippen LogP contribution in [0.4, 0.5) is 5.69 Å². The first-order chi connectivity index (χ1) is 12.4. The van der Waals surface area contributed by atoms with Crippen LogP contribution in [0.1, 0.15) is 17.3 Å². The highest BCUT2D eigenvalue weighted by molar-refractivity contribution is 9.10. The number of hydrogen-bond acceptors (Lipinski definition) is 4. The molecule has 1 amide bonds. The Morgan fingerprint density at radius 2 is 1.96 bits per heavy atom. The second-order valence-electron chi connectivity index (χ2n) is 5.49. The molecule has 2 rings (SSSR count). The highest BCUT2D eigenvalue weighted by Gasteiger charge is 2.15. The maximum Gasteiger partial charge on any atom is 0.261 e. The predicted octanol–water partition coefficient (Wildman–Crippen LogP) is 4.54. The average molecular weight is 435 g/mol. The number of benzene rings is 2. The Balaban J connectivity index is 2.09. The van der Waals surface area contributed by atoms with E-state index in [-0.39, 0.29) is 11.0 Å². The number of amides is 1. The number of ether oxygens (including phenoxy) is 2. The molecule has 0 atom stereocenters. The molecule has 0 fully saturated rings.